The molecular weight excluding hydrogens is 244 g/mol. The van der Waals surface area contributed by atoms with Crippen molar-refractivity contribution in [3.63, 3.8) is 0 Å². The van der Waals surface area contributed by atoms with Crippen LogP contribution < -0.4 is 4.74 Å². The molecule has 1 aromatic heterocycles. The molecule has 1 amide bonds. The summed E-state index contributed by atoms with van der Waals surface area (Å²) in [5.41, 5.74) is 3.49. The predicted molar refractivity (Wildman–Crippen MR) is 69.3 cm³/mol. The van der Waals surface area contributed by atoms with Gasteiger partial charge >= 0.3 is 6.09 Å². The van der Waals surface area contributed by atoms with E-state index in [1.165, 1.54) is 10.9 Å². The molecular formula is C14H14N2O3. The summed E-state index contributed by atoms with van der Waals surface area (Å²) in [5, 5.41) is 1.19. The lowest BCUT2D eigenvalue weighted by Gasteiger charge is -2.26. The molecule has 0 spiro atoms. The molecule has 2 aliphatic rings. The minimum Gasteiger partial charge on any atom is -0.497 e. The van der Waals surface area contributed by atoms with E-state index < -0.39 is 0 Å². The number of aromatic amines is 1. The SMILES string of the molecule is COc1ccc2[nH]c3c(c2c1)CCN1C(=O)OCC31. The van der Waals surface area contributed by atoms with Crippen molar-refractivity contribution >= 4 is 17.0 Å². The maximum atomic E-state index is 11.6. The quantitative estimate of drug-likeness (QED) is 0.853. The first kappa shape index (κ1) is 10.7. The molecule has 0 aliphatic carbocycles. The van der Waals surface area contributed by atoms with Crippen LogP contribution in [0.3, 0.4) is 0 Å². The molecule has 0 bridgehead atoms. The molecule has 1 aromatic carbocycles. The molecule has 1 saturated heterocycles. The highest BCUT2D eigenvalue weighted by molar-refractivity contribution is 5.87. The highest BCUT2D eigenvalue weighted by Crippen LogP contribution is 2.38. The monoisotopic (exact) mass is 258 g/mol. The summed E-state index contributed by atoms with van der Waals surface area (Å²) in [5.74, 6) is 0.857. The first-order chi connectivity index (χ1) is 9.28. The number of cyclic esters (lactones) is 1. The van der Waals surface area contributed by atoms with E-state index in [1.54, 1.807) is 12.0 Å². The molecule has 1 fully saturated rings. The average molecular weight is 258 g/mol. The molecule has 0 radical (unpaired) electrons. The second-order valence-electron chi connectivity index (χ2n) is 4.96. The third kappa shape index (κ3) is 1.38. The minimum absolute atomic E-state index is 0.0367. The van der Waals surface area contributed by atoms with Crippen LogP contribution in [0.5, 0.6) is 5.75 Å². The number of methoxy groups -OCH3 is 1. The summed E-state index contributed by atoms with van der Waals surface area (Å²) in [6, 6.07) is 6.06. The van der Waals surface area contributed by atoms with E-state index in [-0.39, 0.29) is 12.1 Å². The zero-order valence-electron chi connectivity index (χ0n) is 10.6. The van der Waals surface area contributed by atoms with Gasteiger partial charge < -0.3 is 14.5 Å². The van der Waals surface area contributed by atoms with Crippen molar-refractivity contribution < 1.29 is 14.3 Å². The van der Waals surface area contributed by atoms with Gasteiger partial charge in [0.05, 0.1) is 7.11 Å². The largest absolute Gasteiger partial charge is 0.497 e. The summed E-state index contributed by atoms with van der Waals surface area (Å²) in [6.07, 6.45) is 0.653. The summed E-state index contributed by atoms with van der Waals surface area (Å²) >= 11 is 0. The number of hydrogen-bond acceptors (Lipinski definition) is 3. The van der Waals surface area contributed by atoms with E-state index >= 15 is 0 Å². The Morgan fingerprint density at radius 2 is 2.37 bits per heavy atom. The van der Waals surface area contributed by atoms with Crippen molar-refractivity contribution in [2.75, 3.05) is 20.3 Å². The van der Waals surface area contributed by atoms with Crippen LogP contribution in [0.15, 0.2) is 18.2 Å². The van der Waals surface area contributed by atoms with E-state index in [1.807, 2.05) is 12.1 Å². The van der Waals surface area contributed by atoms with Crippen LogP contribution in [0.1, 0.15) is 17.3 Å². The molecule has 2 aliphatic heterocycles. The molecule has 5 nitrogen and oxygen atoms in total. The van der Waals surface area contributed by atoms with Crippen LogP contribution in [0, 0.1) is 0 Å². The third-order valence-electron chi connectivity index (χ3n) is 4.06. The first-order valence-electron chi connectivity index (χ1n) is 6.40. The van der Waals surface area contributed by atoms with E-state index in [9.17, 15) is 4.79 Å². The fourth-order valence-corrected chi connectivity index (χ4v) is 3.10. The second kappa shape index (κ2) is 3.66. The lowest BCUT2D eigenvalue weighted by molar-refractivity contribution is 0.157. The number of carbonyl (C=O) groups is 1. The number of ether oxygens (including phenoxy) is 2. The van der Waals surface area contributed by atoms with Crippen molar-refractivity contribution in [3.05, 3.63) is 29.5 Å². The molecule has 2 aromatic rings. The van der Waals surface area contributed by atoms with Gasteiger partial charge in [0, 0.05) is 23.1 Å². The van der Waals surface area contributed by atoms with Gasteiger partial charge in [0.15, 0.2) is 0 Å². The van der Waals surface area contributed by atoms with Gasteiger partial charge in [-0.15, -0.1) is 0 Å². The Morgan fingerprint density at radius 3 is 3.21 bits per heavy atom. The molecule has 19 heavy (non-hydrogen) atoms. The molecule has 98 valence electrons. The van der Waals surface area contributed by atoms with E-state index in [0.29, 0.717) is 6.61 Å². The fraction of sp³-hybridized carbons (Fsp3) is 0.357. The normalized spacial score (nSPS) is 21.2. The molecule has 4 rings (SSSR count). The van der Waals surface area contributed by atoms with Gasteiger partial charge in [-0.3, -0.25) is 4.90 Å². The Kier molecular flexibility index (Phi) is 2.07. The number of amides is 1. The van der Waals surface area contributed by atoms with Gasteiger partial charge in [0.25, 0.3) is 0 Å². The molecule has 1 N–H and O–H groups in total. The summed E-state index contributed by atoms with van der Waals surface area (Å²) < 4.78 is 10.4. The number of nitrogens with one attached hydrogen (secondary N) is 1. The maximum absolute atomic E-state index is 11.6. The van der Waals surface area contributed by atoms with Gasteiger partial charge in [-0.05, 0) is 30.2 Å². The van der Waals surface area contributed by atoms with Gasteiger partial charge in [-0.1, -0.05) is 0 Å². The van der Waals surface area contributed by atoms with Crippen molar-refractivity contribution in [3.8, 4) is 5.75 Å². The van der Waals surface area contributed by atoms with Crippen LogP contribution in [-0.4, -0.2) is 36.2 Å². The van der Waals surface area contributed by atoms with Gasteiger partial charge in [-0.25, -0.2) is 4.79 Å². The van der Waals surface area contributed by atoms with Crippen LogP contribution in [0.25, 0.3) is 10.9 Å². The van der Waals surface area contributed by atoms with Crippen molar-refractivity contribution in [1.82, 2.24) is 9.88 Å². The van der Waals surface area contributed by atoms with E-state index in [2.05, 4.69) is 11.1 Å². The number of carbonyl (C=O) groups excluding carboxylic acids is 1. The summed E-state index contributed by atoms with van der Waals surface area (Å²) in [6.45, 7) is 1.16. The van der Waals surface area contributed by atoms with Crippen LogP contribution in [-0.2, 0) is 11.2 Å². The van der Waals surface area contributed by atoms with E-state index in [0.717, 1.165) is 29.9 Å². The number of aromatic nitrogens is 1. The van der Waals surface area contributed by atoms with Gasteiger partial charge in [-0.2, -0.15) is 0 Å². The van der Waals surface area contributed by atoms with Crippen molar-refractivity contribution in [2.24, 2.45) is 0 Å². The lowest BCUT2D eigenvalue weighted by Crippen LogP contribution is -2.34. The van der Waals surface area contributed by atoms with Gasteiger partial charge in [0.1, 0.15) is 18.4 Å². The third-order valence-corrected chi connectivity index (χ3v) is 4.06. The highest BCUT2D eigenvalue weighted by atomic mass is 16.6. The second-order valence-corrected chi connectivity index (χ2v) is 4.96. The highest BCUT2D eigenvalue weighted by Gasteiger charge is 2.39. The molecule has 1 atom stereocenters. The average Bonchev–Trinajstić information content (AvgIpc) is 2.99. The zero-order chi connectivity index (χ0) is 13.0. The number of hydrogen-bond donors (Lipinski definition) is 1. The smallest absolute Gasteiger partial charge is 0.410 e. The van der Waals surface area contributed by atoms with Crippen molar-refractivity contribution in [1.29, 1.82) is 0 Å². The van der Waals surface area contributed by atoms with E-state index in [4.69, 9.17) is 9.47 Å². The predicted octanol–water partition coefficient (Wildman–Crippen LogP) is 2.23. The number of fused-ring (bicyclic) bond motifs is 5. The Morgan fingerprint density at radius 1 is 1.47 bits per heavy atom. The van der Waals surface area contributed by atoms with Crippen LogP contribution in [0.4, 0.5) is 4.79 Å². The van der Waals surface area contributed by atoms with Gasteiger partial charge in [0.2, 0.25) is 0 Å². The Labute approximate surface area is 110 Å². The van der Waals surface area contributed by atoms with Crippen LogP contribution >= 0.6 is 0 Å². The Bertz CT molecular complexity index is 677. The van der Waals surface area contributed by atoms with Crippen molar-refractivity contribution in [2.45, 2.75) is 12.5 Å². The number of rotatable bonds is 1. The molecule has 1 unspecified atom stereocenters. The number of benzene rings is 1. The first-order valence-corrected chi connectivity index (χ1v) is 6.40. The Balaban J connectivity index is 1.90. The number of nitrogens with zero attached hydrogens (tertiary/aromatic N) is 1. The Hall–Kier alpha value is -2.17. The maximum Gasteiger partial charge on any atom is 0.410 e. The standard InChI is InChI=1S/C14H14N2O3/c1-18-8-2-3-11-10(6-8)9-4-5-16-12(13(9)15-11)7-19-14(16)17/h2-3,6,12,15H,4-5,7H2,1H3. The summed E-state index contributed by atoms with van der Waals surface area (Å²) in [4.78, 5) is 16.8. The molecule has 3 heterocycles. The molecule has 0 saturated carbocycles. The fourth-order valence-electron chi connectivity index (χ4n) is 3.10. The minimum atomic E-state index is -0.202. The molecule has 5 heteroatoms. The lowest BCUT2D eigenvalue weighted by atomic mass is 9.98. The zero-order valence-corrected chi connectivity index (χ0v) is 10.6. The summed E-state index contributed by atoms with van der Waals surface area (Å²) in [7, 11) is 1.67. The topological polar surface area (TPSA) is 54.6 Å². The van der Waals surface area contributed by atoms with Crippen LogP contribution in [0.2, 0.25) is 0 Å². The number of H-pyrrole nitrogens is 1.